The van der Waals surface area contributed by atoms with Crippen LogP contribution < -0.4 is 10.6 Å². The summed E-state index contributed by atoms with van der Waals surface area (Å²) >= 11 is 0. The van der Waals surface area contributed by atoms with Crippen LogP contribution in [0.5, 0.6) is 0 Å². The van der Waals surface area contributed by atoms with Gasteiger partial charge in [-0.3, -0.25) is 5.41 Å². The average Bonchev–Trinajstić information content (AvgIpc) is 2.53. The first-order valence-corrected chi connectivity index (χ1v) is 6.55. The molecule has 0 aliphatic heterocycles. The highest BCUT2D eigenvalue weighted by molar-refractivity contribution is 5.96. The number of hydrogen-bond donors (Lipinski definition) is 2. The standard InChI is InChI=1S/C16H15N5/c1-21(13-8-6-11(7-9-13)15(17)18)16-14-5-3-2-4-12(14)10-19-20-16/h2-10H,1H3,(H3,17,18). The summed E-state index contributed by atoms with van der Waals surface area (Å²) in [5.74, 6) is 0.859. The molecular weight excluding hydrogens is 262 g/mol. The molecule has 5 nitrogen and oxygen atoms in total. The predicted octanol–water partition coefficient (Wildman–Crippen LogP) is 2.68. The molecule has 0 amide bonds. The molecule has 0 saturated carbocycles. The summed E-state index contributed by atoms with van der Waals surface area (Å²) in [5.41, 5.74) is 7.14. The first-order valence-electron chi connectivity index (χ1n) is 6.55. The zero-order valence-electron chi connectivity index (χ0n) is 11.6. The fourth-order valence-corrected chi connectivity index (χ4v) is 2.25. The number of nitrogen functional groups attached to an aromatic ring is 1. The maximum Gasteiger partial charge on any atom is 0.163 e. The van der Waals surface area contributed by atoms with Crippen molar-refractivity contribution in [1.29, 1.82) is 5.41 Å². The molecule has 0 bridgehead atoms. The molecule has 3 N–H and O–H groups in total. The van der Waals surface area contributed by atoms with Gasteiger partial charge in [0.15, 0.2) is 5.82 Å². The Labute approximate surface area is 122 Å². The van der Waals surface area contributed by atoms with Gasteiger partial charge in [-0.1, -0.05) is 24.3 Å². The molecule has 1 heterocycles. The van der Waals surface area contributed by atoms with Crippen molar-refractivity contribution in [2.24, 2.45) is 5.73 Å². The lowest BCUT2D eigenvalue weighted by molar-refractivity contribution is 1.01. The fraction of sp³-hybridized carbons (Fsp3) is 0.0625. The Morgan fingerprint density at radius 3 is 2.52 bits per heavy atom. The third-order valence-electron chi connectivity index (χ3n) is 3.43. The first-order chi connectivity index (χ1) is 10.2. The van der Waals surface area contributed by atoms with Crippen LogP contribution in [0, 0.1) is 5.41 Å². The first kappa shape index (κ1) is 13.1. The van der Waals surface area contributed by atoms with Gasteiger partial charge in [0, 0.05) is 29.1 Å². The Balaban J connectivity index is 2.04. The number of hydrogen-bond acceptors (Lipinski definition) is 4. The average molecular weight is 277 g/mol. The minimum atomic E-state index is 0.0640. The normalized spacial score (nSPS) is 10.5. The predicted molar refractivity (Wildman–Crippen MR) is 85.1 cm³/mol. The summed E-state index contributed by atoms with van der Waals surface area (Å²) in [4.78, 5) is 1.97. The van der Waals surface area contributed by atoms with Crippen LogP contribution in [-0.4, -0.2) is 23.1 Å². The molecule has 2 aromatic carbocycles. The molecule has 0 aliphatic rings. The summed E-state index contributed by atoms with van der Waals surface area (Å²) in [6.45, 7) is 0. The van der Waals surface area contributed by atoms with Crippen LogP contribution in [0.25, 0.3) is 10.8 Å². The number of benzene rings is 2. The number of nitrogens with zero attached hydrogens (tertiary/aromatic N) is 3. The summed E-state index contributed by atoms with van der Waals surface area (Å²) in [6, 6.07) is 15.5. The van der Waals surface area contributed by atoms with Gasteiger partial charge in [0.1, 0.15) is 5.84 Å². The Hall–Kier alpha value is -2.95. The summed E-state index contributed by atoms with van der Waals surface area (Å²) in [6.07, 6.45) is 1.76. The molecule has 3 aromatic rings. The Morgan fingerprint density at radius 2 is 1.81 bits per heavy atom. The van der Waals surface area contributed by atoms with Crippen molar-refractivity contribution in [3.63, 3.8) is 0 Å². The maximum absolute atomic E-state index is 7.43. The highest BCUT2D eigenvalue weighted by Gasteiger charge is 2.10. The highest BCUT2D eigenvalue weighted by atomic mass is 15.2. The van der Waals surface area contributed by atoms with Crippen LogP contribution in [0.1, 0.15) is 5.56 Å². The minimum Gasteiger partial charge on any atom is -0.384 e. The Bertz CT molecular complexity index is 790. The molecule has 0 radical (unpaired) electrons. The second-order valence-electron chi connectivity index (χ2n) is 4.77. The fourth-order valence-electron chi connectivity index (χ4n) is 2.25. The summed E-state index contributed by atoms with van der Waals surface area (Å²) in [5, 5.41) is 17.8. The maximum atomic E-state index is 7.43. The number of amidine groups is 1. The van der Waals surface area contributed by atoms with Gasteiger partial charge in [0.25, 0.3) is 0 Å². The van der Waals surface area contributed by atoms with E-state index in [9.17, 15) is 0 Å². The van der Waals surface area contributed by atoms with Crippen molar-refractivity contribution in [2.75, 3.05) is 11.9 Å². The number of anilines is 2. The van der Waals surface area contributed by atoms with Crippen LogP contribution in [0.15, 0.2) is 54.7 Å². The molecule has 0 aliphatic carbocycles. The molecule has 0 atom stereocenters. The highest BCUT2D eigenvalue weighted by Crippen LogP contribution is 2.28. The Morgan fingerprint density at radius 1 is 1.10 bits per heavy atom. The van der Waals surface area contributed by atoms with Crippen molar-refractivity contribution in [3.05, 3.63) is 60.3 Å². The zero-order chi connectivity index (χ0) is 14.8. The largest absolute Gasteiger partial charge is 0.384 e. The number of nitrogens with one attached hydrogen (secondary N) is 1. The van der Waals surface area contributed by atoms with E-state index in [-0.39, 0.29) is 5.84 Å². The van der Waals surface area contributed by atoms with Crippen LogP contribution in [0.3, 0.4) is 0 Å². The monoisotopic (exact) mass is 277 g/mol. The molecular formula is C16H15N5. The Kier molecular flexibility index (Phi) is 3.23. The van der Waals surface area contributed by atoms with Crippen LogP contribution in [-0.2, 0) is 0 Å². The van der Waals surface area contributed by atoms with Gasteiger partial charge in [-0.2, -0.15) is 5.10 Å². The van der Waals surface area contributed by atoms with Gasteiger partial charge in [0.2, 0.25) is 0 Å². The molecule has 0 fully saturated rings. The van der Waals surface area contributed by atoms with Crippen LogP contribution in [0.2, 0.25) is 0 Å². The van der Waals surface area contributed by atoms with E-state index in [1.54, 1.807) is 6.20 Å². The van der Waals surface area contributed by atoms with Gasteiger partial charge in [-0.25, -0.2) is 0 Å². The van der Waals surface area contributed by atoms with Crippen molar-refractivity contribution >= 4 is 28.1 Å². The lowest BCUT2D eigenvalue weighted by Gasteiger charge is -2.19. The van der Waals surface area contributed by atoms with Crippen LogP contribution >= 0.6 is 0 Å². The van der Waals surface area contributed by atoms with Gasteiger partial charge in [-0.15, -0.1) is 5.10 Å². The number of aromatic nitrogens is 2. The SMILES string of the molecule is CN(c1ccc(C(=N)N)cc1)c1nncc2ccccc12. The van der Waals surface area contributed by atoms with Crippen molar-refractivity contribution in [3.8, 4) is 0 Å². The molecule has 104 valence electrons. The van der Waals surface area contributed by atoms with Crippen molar-refractivity contribution < 1.29 is 0 Å². The topological polar surface area (TPSA) is 78.9 Å². The van der Waals surface area contributed by atoms with E-state index in [2.05, 4.69) is 10.2 Å². The number of nitrogens with two attached hydrogens (primary N) is 1. The third kappa shape index (κ3) is 2.41. The van der Waals surface area contributed by atoms with E-state index in [4.69, 9.17) is 11.1 Å². The van der Waals surface area contributed by atoms with Gasteiger partial charge < -0.3 is 10.6 Å². The van der Waals surface area contributed by atoms with Crippen molar-refractivity contribution in [1.82, 2.24) is 10.2 Å². The van der Waals surface area contributed by atoms with E-state index < -0.39 is 0 Å². The molecule has 1 aromatic heterocycles. The molecule has 21 heavy (non-hydrogen) atoms. The van der Waals surface area contributed by atoms with Gasteiger partial charge in [0.05, 0.1) is 6.20 Å². The second kappa shape index (κ2) is 5.20. The smallest absolute Gasteiger partial charge is 0.163 e. The summed E-state index contributed by atoms with van der Waals surface area (Å²) < 4.78 is 0. The molecule has 5 heteroatoms. The van der Waals surface area contributed by atoms with E-state index in [1.807, 2.05) is 60.5 Å². The van der Waals surface area contributed by atoms with E-state index in [0.29, 0.717) is 5.56 Å². The zero-order valence-corrected chi connectivity index (χ0v) is 11.6. The molecule has 3 rings (SSSR count). The van der Waals surface area contributed by atoms with Crippen molar-refractivity contribution in [2.45, 2.75) is 0 Å². The number of rotatable bonds is 3. The van der Waals surface area contributed by atoms with Crippen LogP contribution in [0.4, 0.5) is 11.5 Å². The van der Waals surface area contributed by atoms with E-state index in [0.717, 1.165) is 22.3 Å². The summed E-state index contributed by atoms with van der Waals surface area (Å²) in [7, 11) is 1.94. The van der Waals surface area contributed by atoms with Gasteiger partial charge in [-0.05, 0) is 24.3 Å². The second-order valence-corrected chi connectivity index (χ2v) is 4.77. The van der Waals surface area contributed by atoms with E-state index >= 15 is 0 Å². The van der Waals surface area contributed by atoms with Gasteiger partial charge >= 0.3 is 0 Å². The lowest BCUT2D eigenvalue weighted by Crippen LogP contribution is -2.14. The minimum absolute atomic E-state index is 0.0640. The molecule has 0 unspecified atom stereocenters. The number of fused-ring (bicyclic) bond motifs is 1. The quantitative estimate of drug-likeness (QED) is 0.570. The molecule has 0 spiro atoms. The van der Waals surface area contributed by atoms with E-state index in [1.165, 1.54) is 0 Å². The lowest BCUT2D eigenvalue weighted by atomic mass is 10.1. The molecule has 0 saturated heterocycles. The third-order valence-corrected chi connectivity index (χ3v) is 3.43.